The number of rotatable bonds is 4. The fraction of sp³-hybridized carbons (Fsp3) is 0.308. The maximum absolute atomic E-state index is 5.58. The van der Waals surface area contributed by atoms with Crippen LogP contribution in [0.3, 0.4) is 0 Å². The topological polar surface area (TPSA) is 38.9 Å². The summed E-state index contributed by atoms with van der Waals surface area (Å²) in [4.78, 5) is 6.75. The number of aromatic nitrogens is 1. The number of pyridine rings is 1. The van der Waals surface area contributed by atoms with Crippen molar-refractivity contribution in [2.24, 2.45) is 5.73 Å². The Labute approximate surface area is 100 Å². The summed E-state index contributed by atoms with van der Waals surface area (Å²) in [5.74, 6) is 0.561. The molecule has 2 N–H and O–H groups in total. The minimum absolute atomic E-state index is 0.561. The quantitative estimate of drug-likeness (QED) is 0.878. The van der Waals surface area contributed by atoms with E-state index >= 15 is 0 Å². The average molecular weight is 232 g/mol. The lowest BCUT2D eigenvalue weighted by Crippen LogP contribution is -2.03. The largest absolute Gasteiger partial charge is 0.330 e. The summed E-state index contributed by atoms with van der Waals surface area (Å²) in [5, 5.41) is 0. The Morgan fingerprint density at radius 2 is 2.00 bits per heavy atom. The molecule has 1 unspecified atom stereocenters. The minimum Gasteiger partial charge on any atom is -0.330 e. The molecule has 0 aliphatic carbocycles. The number of hydrogen-bond donors (Lipinski definition) is 1. The van der Waals surface area contributed by atoms with Gasteiger partial charge in [0.1, 0.15) is 0 Å². The lowest BCUT2D eigenvalue weighted by Gasteiger charge is -2.05. The first-order chi connectivity index (χ1) is 7.81. The van der Waals surface area contributed by atoms with Gasteiger partial charge >= 0.3 is 0 Å². The monoisotopic (exact) mass is 232 g/mol. The summed E-state index contributed by atoms with van der Waals surface area (Å²) in [6.45, 7) is 2.98. The summed E-state index contributed by atoms with van der Waals surface area (Å²) >= 11 is 1.85. The molecule has 2 aromatic heterocycles. The van der Waals surface area contributed by atoms with Crippen LogP contribution < -0.4 is 5.73 Å². The van der Waals surface area contributed by atoms with Crippen LogP contribution in [0.2, 0.25) is 0 Å². The highest BCUT2D eigenvalue weighted by Crippen LogP contribution is 2.32. The van der Waals surface area contributed by atoms with Crippen molar-refractivity contribution < 1.29 is 0 Å². The second kappa shape index (κ2) is 5.23. The fourth-order valence-corrected chi connectivity index (χ4v) is 2.78. The summed E-state index contributed by atoms with van der Waals surface area (Å²) in [6.07, 6.45) is 4.71. The van der Waals surface area contributed by atoms with Gasteiger partial charge in [-0.1, -0.05) is 6.92 Å². The minimum atomic E-state index is 0.561. The summed E-state index contributed by atoms with van der Waals surface area (Å²) in [5.41, 5.74) is 6.82. The maximum Gasteiger partial charge on any atom is 0.0346 e. The summed E-state index contributed by atoms with van der Waals surface area (Å²) < 4.78 is 0. The van der Waals surface area contributed by atoms with Crippen molar-refractivity contribution in [3.05, 3.63) is 41.5 Å². The lowest BCUT2D eigenvalue weighted by molar-refractivity contribution is 0.701. The zero-order valence-corrected chi connectivity index (χ0v) is 10.2. The Kier molecular flexibility index (Phi) is 3.70. The highest BCUT2D eigenvalue weighted by atomic mass is 32.1. The van der Waals surface area contributed by atoms with Crippen LogP contribution in [-0.2, 0) is 0 Å². The zero-order valence-electron chi connectivity index (χ0n) is 9.39. The van der Waals surface area contributed by atoms with E-state index in [1.807, 2.05) is 35.9 Å². The highest BCUT2D eigenvalue weighted by molar-refractivity contribution is 7.15. The molecular weight excluding hydrogens is 216 g/mol. The highest BCUT2D eigenvalue weighted by Gasteiger charge is 2.08. The van der Waals surface area contributed by atoms with Gasteiger partial charge in [-0.15, -0.1) is 11.3 Å². The maximum atomic E-state index is 5.58. The van der Waals surface area contributed by atoms with E-state index in [1.54, 1.807) is 0 Å². The Hall–Kier alpha value is -1.19. The molecule has 0 bridgehead atoms. The van der Waals surface area contributed by atoms with Gasteiger partial charge in [0.2, 0.25) is 0 Å². The van der Waals surface area contributed by atoms with Crippen molar-refractivity contribution in [3.63, 3.8) is 0 Å². The molecular formula is C13H16N2S. The molecule has 84 valence electrons. The van der Waals surface area contributed by atoms with Gasteiger partial charge in [-0.3, -0.25) is 4.98 Å². The van der Waals surface area contributed by atoms with Crippen LogP contribution in [0, 0.1) is 0 Å². The third-order valence-electron chi connectivity index (χ3n) is 2.68. The lowest BCUT2D eigenvalue weighted by atomic mass is 10.1. The predicted octanol–water partition coefficient (Wildman–Crippen LogP) is 3.26. The van der Waals surface area contributed by atoms with Gasteiger partial charge in [0.05, 0.1) is 0 Å². The molecule has 0 radical (unpaired) electrons. The van der Waals surface area contributed by atoms with Crippen LogP contribution in [0.1, 0.15) is 24.1 Å². The van der Waals surface area contributed by atoms with E-state index in [4.69, 9.17) is 5.73 Å². The Bertz CT molecular complexity index is 436. The number of hydrogen-bond acceptors (Lipinski definition) is 3. The van der Waals surface area contributed by atoms with Crippen LogP contribution >= 0.6 is 11.3 Å². The van der Waals surface area contributed by atoms with Gasteiger partial charge in [0.25, 0.3) is 0 Å². The molecule has 16 heavy (non-hydrogen) atoms. The third-order valence-corrected chi connectivity index (χ3v) is 4.04. The first-order valence-corrected chi connectivity index (χ1v) is 6.33. The third kappa shape index (κ3) is 2.49. The van der Waals surface area contributed by atoms with Gasteiger partial charge in [-0.2, -0.15) is 0 Å². The SMILES string of the molecule is CC(CCN)c1ccc(-c2ccncc2)s1. The molecule has 0 fully saturated rings. The molecule has 2 aromatic rings. The molecule has 3 heteroatoms. The van der Waals surface area contributed by atoms with Crippen molar-refractivity contribution in [1.82, 2.24) is 4.98 Å². The molecule has 0 saturated carbocycles. The fourth-order valence-electron chi connectivity index (χ4n) is 1.68. The first-order valence-electron chi connectivity index (χ1n) is 5.51. The number of nitrogens with zero attached hydrogens (tertiary/aromatic N) is 1. The first kappa shape index (κ1) is 11.3. The van der Waals surface area contributed by atoms with E-state index in [9.17, 15) is 0 Å². The van der Waals surface area contributed by atoms with E-state index in [0.717, 1.165) is 13.0 Å². The van der Waals surface area contributed by atoms with Gasteiger partial charge in [-0.25, -0.2) is 0 Å². The van der Waals surface area contributed by atoms with E-state index in [1.165, 1.54) is 15.3 Å². The van der Waals surface area contributed by atoms with Crippen LogP contribution in [0.25, 0.3) is 10.4 Å². The molecule has 2 heterocycles. The smallest absolute Gasteiger partial charge is 0.0346 e. The second-order valence-corrected chi connectivity index (χ2v) is 5.03. The van der Waals surface area contributed by atoms with Gasteiger partial charge in [0.15, 0.2) is 0 Å². The van der Waals surface area contributed by atoms with Crippen molar-refractivity contribution in [1.29, 1.82) is 0 Å². The second-order valence-electron chi connectivity index (χ2n) is 3.92. The van der Waals surface area contributed by atoms with Crippen LogP contribution in [0.5, 0.6) is 0 Å². The summed E-state index contributed by atoms with van der Waals surface area (Å²) in [7, 11) is 0. The van der Waals surface area contributed by atoms with Gasteiger partial charge in [-0.05, 0) is 48.7 Å². The Morgan fingerprint density at radius 1 is 1.25 bits per heavy atom. The van der Waals surface area contributed by atoms with Gasteiger partial charge < -0.3 is 5.73 Å². The number of nitrogens with two attached hydrogens (primary N) is 1. The van der Waals surface area contributed by atoms with Crippen molar-refractivity contribution in [3.8, 4) is 10.4 Å². The molecule has 1 atom stereocenters. The molecule has 0 spiro atoms. The normalized spacial score (nSPS) is 12.6. The van der Waals surface area contributed by atoms with E-state index in [2.05, 4.69) is 24.0 Å². The summed E-state index contributed by atoms with van der Waals surface area (Å²) in [6, 6.07) is 8.48. The van der Waals surface area contributed by atoms with Crippen molar-refractivity contribution in [2.45, 2.75) is 19.3 Å². The average Bonchev–Trinajstić information content (AvgIpc) is 2.80. The zero-order chi connectivity index (χ0) is 11.4. The molecule has 0 amide bonds. The van der Waals surface area contributed by atoms with E-state index < -0.39 is 0 Å². The molecule has 0 aromatic carbocycles. The molecule has 2 rings (SSSR count). The van der Waals surface area contributed by atoms with Crippen molar-refractivity contribution >= 4 is 11.3 Å². The standard InChI is InChI=1S/C13H16N2S/c1-10(4-7-14)12-2-3-13(16-12)11-5-8-15-9-6-11/h2-3,5-6,8-10H,4,7,14H2,1H3. The van der Waals surface area contributed by atoms with E-state index in [0.29, 0.717) is 5.92 Å². The molecule has 0 aliphatic heterocycles. The van der Waals surface area contributed by atoms with E-state index in [-0.39, 0.29) is 0 Å². The van der Waals surface area contributed by atoms with Crippen LogP contribution in [0.4, 0.5) is 0 Å². The molecule has 0 aliphatic rings. The Balaban J connectivity index is 2.20. The van der Waals surface area contributed by atoms with Crippen LogP contribution in [-0.4, -0.2) is 11.5 Å². The number of thiophene rings is 1. The predicted molar refractivity (Wildman–Crippen MR) is 69.6 cm³/mol. The van der Waals surface area contributed by atoms with Gasteiger partial charge in [0, 0.05) is 22.1 Å². The Morgan fingerprint density at radius 3 is 2.69 bits per heavy atom. The molecule has 0 saturated heterocycles. The molecule has 2 nitrogen and oxygen atoms in total. The van der Waals surface area contributed by atoms with Crippen LogP contribution in [0.15, 0.2) is 36.7 Å². The van der Waals surface area contributed by atoms with Crippen molar-refractivity contribution in [2.75, 3.05) is 6.54 Å².